The number of aryl methyl sites for hydroxylation is 1. The van der Waals surface area contributed by atoms with Gasteiger partial charge >= 0.3 is 5.92 Å². The highest BCUT2D eigenvalue weighted by atomic mass is 19.3. The molecule has 3 atom stereocenters. The van der Waals surface area contributed by atoms with Crippen molar-refractivity contribution >= 4 is 22.4 Å². The lowest BCUT2D eigenvalue weighted by molar-refractivity contribution is -0.170. The topological polar surface area (TPSA) is 109 Å². The average molecular weight is 489 g/mol. The summed E-state index contributed by atoms with van der Waals surface area (Å²) in [4.78, 5) is 6.79. The third-order valence-corrected chi connectivity index (χ3v) is 6.79. The van der Waals surface area contributed by atoms with Crippen molar-refractivity contribution in [3.8, 4) is 0 Å². The van der Waals surface area contributed by atoms with E-state index in [1.54, 1.807) is 13.1 Å². The van der Waals surface area contributed by atoms with E-state index in [2.05, 4.69) is 25.4 Å². The number of hydrogen-bond donors (Lipinski definition) is 3. The Labute approximate surface area is 200 Å². The van der Waals surface area contributed by atoms with Crippen LogP contribution in [0.5, 0.6) is 0 Å². The number of aromatic nitrogens is 3. The molecule has 186 valence electrons. The molecule has 11 heteroatoms. The van der Waals surface area contributed by atoms with Crippen molar-refractivity contribution in [1.29, 1.82) is 0 Å². The molecule has 0 spiro atoms. The first-order valence-electron chi connectivity index (χ1n) is 11.4. The Bertz CT molecular complexity index is 1280. The highest BCUT2D eigenvalue weighted by molar-refractivity contribution is 5.94. The van der Waals surface area contributed by atoms with Crippen LogP contribution < -0.4 is 16.0 Å². The molecule has 0 aliphatic carbocycles. The first-order valence-corrected chi connectivity index (χ1v) is 11.4. The van der Waals surface area contributed by atoms with E-state index in [4.69, 9.17) is 10.5 Å². The van der Waals surface area contributed by atoms with Gasteiger partial charge in [-0.05, 0) is 39.3 Å². The van der Waals surface area contributed by atoms with Gasteiger partial charge in [-0.3, -0.25) is 0 Å². The van der Waals surface area contributed by atoms with E-state index in [1.807, 2.05) is 6.07 Å². The molecule has 4 heterocycles. The molecule has 0 amide bonds. The largest absolute Gasteiger partial charge is 0.384 e. The molecular weight excluding hydrogens is 461 g/mol. The summed E-state index contributed by atoms with van der Waals surface area (Å²) >= 11 is 0. The molecule has 2 saturated heterocycles. The Kier molecular flexibility index (Phi) is 5.61. The maximum Gasteiger partial charge on any atom is 0.303 e. The van der Waals surface area contributed by atoms with E-state index in [0.29, 0.717) is 17.7 Å². The predicted molar refractivity (Wildman–Crippen MR) is 125 cm³/mol. The van der Waals surface area contributed by atoms with Gasteiger partial charge in [0.25, 0.3) is 0 Å². The van der Waals surface area contributed by atoms with E-state index >= 15 is 4.39 Å². The molecule has 0 saturated carbocycles. The third kappa shape index (κ3) is 3.97. The lowest BCUT2D eigenvalue weighted by atomic mass is 9.91. The van der Waals surface area contributed by atoms with E-state index < -0.39 is 29.1 Å². The second-order valence-electron chi connectivity index (χ2n) is 9.68. The minimum absolute atomic E-state index is 0.190. The summed E-state index contributed by atoms with van der Waals surface area (Å²) in [7, 11) is 0. The molecule has 2 aromatic heterocycles. The highest BCUT2D eigenvalue weighted by Gasteiger charge is 2.49. The van der Waals surface area contributed by atoms with E-state index in [0.717, 1.165) is 44.1 Å². The molecule has 3 aromatic rings. The van der Waals surface area contributed by atoms with Gasteiger partial charge in [0, 0.05) is 29.1 Å². The number of nitrogens with two attached hydrogens (primary N) is 1. The van der Waals surface area contributed by atoms with Gasteiger partial charge in [-0.25, -0.2) is 9.37 Å². The third-order valence-electron chi connectivity index (χ3n) is 6.79. The first-order chi connectivity index (χ1) is 16.5. The van der Waals surface area contributed by atoms with Gasteiger partial charge in [0.05, 0.1) is 30.0 Å². The van der Waals surface area contributed by atoms with Crippen molar-refractivity contribution in [1.82, 2.24) is 15.2 Å². The molecule has 4 N–H and O–H groups in total. The normalized spacial score (nSPS) is 21.1. The summed E-state index contributed by atoms with van der Waals surface area (Å²) in [6, 6.07) is 5.67. The standard InChI is InChI=1S/C24H27F3N6O2/c1-12-17-9-29-19(33-10-14-7-13(33)11-35-14)8-16(17)22(32-31-12)30-21(28)15-5-4-6-18(20(15)25)24(26,27)23(2,3)34/h4-6,8-9,13-14,21,34H,7,10-11,28H2,1-3H3,(H,30,32)/t13-,14-,21+/m1/s1. The number of halogens is 3. The second kappa shape index (κ2) is 8.28. The van der Waals surface area contributed by atoms with Crippen LogP contribution in [0.3, 0.4) is 0 Å². The molecule has 35 heavy (non-hydrogen) atoms. The number of hydrogen-bond acceptors (Lipinski definition) is 8. The molecule has 0 radical (unpaired) electrons. The van der Waals surface area contributed by atoms with Crippen LogP contribution in [0.2, 0.25) is 0 Å². The summed E-state index contributed by atoms with van der Waals surface area (Å²) in [5, 5.41) is 22.6. The number of nitrogens with one attached hydrogen (secondary N) is 1. The number of morpholine rings is 1. The smallest absolute Gasteiger partial charge is 0.303 e. The van der Waals surface area contributed by atoms with Gasteiger partial charge in [0.2, 0.25) is 0 Å². The Balaban J connectivity index is 1.49. The summed E-state index contributed by atoms with van der Waals surface area (Å²) in [6.45, 7) is 5.05. The van der Waals surface area contributed by atoms with Crippen LogP contribution in [0.4, 0.5) is 24.8 Å². The zero-order valence-corrected chi connectivity index (χ0v) is 19.6. The Hall–Kier alpha value is -3.02. The summed E-state index contributed by atoms with van der Waals surface area (Å²) < 4.78 is 50.3. The summed E-state index contributed by atoms with van der Waals surface area (Å²) in [6.07, 6.45) is 1.65. The van der Waals surface area contributed by atoms with Crippen LogP contribution in [0, 0.1) is 12.7 Å². The van der Waals surface area contributed by atoms with Crippen molar-refractivity contribution in [2.75, 3.05) is 23.4 Å². The Morgan fingerprint density at radius 3 is 2.69 bits per heavy atom. The van der Waals surface area contributed by atoms with Gasteiger partial charge in [-0.1, -0.05) is 12.1 Å². The molecular formula is C24H27F3N6O2. The zero-order chi connectivity index (χ0) is 25.1. The monoisotopic (exact) mass is 488 g/mol. The summed E-state index contributed by atoms with van der Waals surface area (Å²) in [5.74, 6) is -3.99. The molecule has 0 unspecified atom stereocenters. The van der Waals surface area contributed by atoms with Crippen molar-refractivity contribution in [3.05, 3.63) is 53.1 Å². The van der Waals surface area contributed by atoms with Crippen LogP contribution in [-0.4, -0.2) is 51.2 Å². The highest BCUT2D eigenvalue weighted by Crippen LogP contribution is 2.41. The minimum Gasteiger partial charge on any atom is -0.384 e. The Morgan fingerprint density at radius 1 is 1.26 bits per heavy atom. The average Bonchev–Trinajstić information content (AvgIpc) is 3.44. The predicted octanol–water partition coefficient (Wildman–Crippen LogP) is 3.38. The molecule has 5 rings (SSSR count). The Morgan fingerprint density at radius 2 is 2.03 bits per heavy atom. The maximum absolute atomic E-state index is 15.2. The van der Waals surface area contributed by atoms with Crippen LogP contribution in [0.25, 0.3) is 10.8 Å². The second-order valence-corrected chi connectivity index (χ2v) is 9.68. The van der Waals surface area contributed by atoms with Crippen LogP contribution >= 0.6 is 0 Å². The van der Waals surface area contributed by atoms with Crippen molar-refractivity contribution in [2.24, 2.45) is 5.73 Å². The number of nitrogens with zero attached hydrogens (tertiary/aromatic N) is 4. The molecule has 2 aliphatic heterocycles. The van der Waals surface area contributed by atoms with Crippen molar-refractivity contribution < 1.29 is 23.0 Å². The number of ether oxygens (including phenoxy) is 1. The number of benzene rings is 1. The van der Waals surface area contributed by atoms with Crippen molar-refractivity contribution in [3.63, 3.8) is 0 Å². The fraction of sp³-hybridized carbons (Fsp3) is 0.458. The van der Waals surface area contributed by atoms with Gasteiger partial charge in [-0.2, -0.15) is 13.9 Å². The summed E-state index contributed by atoms with van der Waals surface area (Å²) in [5.41, 5.74) is 3.29. The van der Waals surface area contributed by atoms with Gasteiger partial charge in [0.15, 0.2) is 5.82 Å². The molecule has 2 fully saturated rings. The van der Waals surface area contributed by atoms with Crippen LogP contribution in [0.1, 0.15) is 43.3 Å². The maximum atomic E-state index is 15.2. The number of pyridine rings is 1. The van der Waals surface area contributed by atoms with Crippen LogP contribution in [0.15, 0.2) is 30.5 Å². The fourth-order valence-electron chi connectivity index (χ4n) is 4.69. The van der Waals surface area contributed by atoms with Crippen LogP contribution in [-0.2, 0) is 10.7 Å². The lowest BCUT2D eigenvalue weighted by Crippen LogP contribution is -2.41. The fourth-order valence-corrected chi connectivity index (χ4v) is 4.69. The molecule has 2 bridgehead atoms. The number of anilines is 2. The lowest BCUT2D eigenvalue weighted by Gasteiger charge is -2.30. The van der Waals surface area contributed by atoms with Gasteiger partial charge in [0.1, 0.15) is 23.4 Å². The molecule has 8 nitrogen and oxygen atoms in total. The van der Waals surface area contributed by atoms with E-state index in [9.17, 15) is 13.9 Å². The SMILES string of the molecule is Cc1nnc(N[C@H](N)c2cccc(C(F)(F)C(C)(C)O)c2F)c2cc(N3C[C@H]4C[C@@H]3CO4)ncc12. The zero-order valence-electron chi connectivity index (χ0n) is 19.6. The van der Waals surface area contributed by atoms with Gasteiger partial charge < -0.3 is 25.8 Å². The number of aliphatic hydroxyl groups is 1. The van der Waals surface area contributed by atoms with E-state index in [-0.39, 0.29) is 23.5 Å². The van der Waals surface area contributed by atoms with E-state index in [1.165, 1.54) is 12.1 Å². The number of rotatable bonds is 6. The quantitative estimate of drug-likeness (QED) is 0.453. The molecule has 1 aromatic carbocycles. The minimum atomic E-state index is -3.83. The number of alkyl halides is 2. The molecule has 2 aliphatic rings. The number of fused-ring (bicyclic) bond motifs is 3. The first kappa shape index (κ1) is 23.7. The van der Waals surface area contributed by atoms with Gasteiger partial charge in [-0.15, -0.1) is 5.10 Å². The van der Waals surface area contributed by atoms with Crippen molar-refractivity contribution in [2.45, 2.75) is 57.0 Å².